The second-order valence-electron chi connectivity index (χ2n) is 8.14. The Morgan fingerprint density at radius 3 is 2.56 bits per heavy atom. The molecule has 36 heavy (non-hydrogen) atoms. The van der Waals surface area contributed by atoms with Gasteiger partial charge in [0.05, 0.1) is 29.5 Å². The maximum atomic E-state index is 13.2. The smallest absolute Gasteiger partial charge is 0.294 e. The Balaban J connectivity index is 1.25. The Labute approximate surface area is 210 Å². The van der Waals surface area contributed by atoms with Gasteiger partial charge in [-0.2, -0.15) is 0 Å². The minimum atomic E-state index is -0.568. The van der Waals surface area contributed by atoms with E-state index in [2.05, 4.69) is 10.2 Å². The third kappa shape index (κ3) is 5.19. The molecule has 3 aromatic rings. The van der Waals surface area contributed by atoms with E-state index in [0.29, 0.717) is 49.1 Å². The molecule has 0 aliphatic carbocycles. The molecule has 2 aromatic carbocycles. The highest BCUT2D eigenvalue weighted by molar-refractivity contribution is 8.18. The number of amides is 3. The molecule has 0 bridgehead atoms. The number of rotatable bonds is 6. The molecule has 2 fully saturated rings. The molecule has 2 saturated heterocycles. The topological polar surface area (TPSA) is 92.1 Å². The molecule has 3 heterocycles. The second kappa shape index (κ2) is 10.4. The Kier molecular flexibility index (Phi) is 6.88. The van der Waals surface area contributed by atoms with Crippen molar-refractivity contribution in [3.05, 3.63) is 77.1 Å². The van der Waals surface area contributed by atoms with Crippen LogP contribution in [0.3, 0.4) is 0 Å². The number of furan rings is 1. The van der Waals surface area contributed by atoms with E-state index in [1.54, 1.807) is 30.3 Å². The fraction of sp³-hybridized carbons (Fsp3) is 0.192. The maximum Gasteiger partial charge on any atom is 0.294 e. The first-order chi connectivity index (χ1) is 17.5. The predicted octanol–water partition coefficient (Wildman–Crippen LogP) is 4.60. The Morgan fingerprint density at radius 2 is 1.78 bits per heavy atom. The van der Waals surface area contributed by atoms with Gasteiger partial charge in [0, 0.05) is 24.7 Å². The Hall–Kier alpha value is -3.89. The molecule has 184 valence electrons. The number of hydrogen-bond acceptors (Lipinski definition) is 7. The second-order valence-corrected chi connectivity index (χ2v) is 9.13. The quantitative estimate of drug-likeness (QED) is 0.488. The van der Waals surface area contributed by atoms with Crippen LogP contribution in [0.5, 0.6) is 0 Å². The van der Waals surface area contributed by atoms with Gasteiger partial charge >= 0.3 is 0 Å². The fourth-order valence-corrected chi connectivity index (χ4v) is 4.78. The third-order valence-corrected chi connectivity index (χ3v) is 6.64. The Morgan fingerprint density at radius 1 is 1.03 bits per heavy atom. The van der Waals surface area contributed by atoms with E-state index in [4.69, 9.17) is 9.15 Å². The van der Waals surface area contributed by atoms with Crippen LogP contribution in [0.4, 0.5) is 20.6 Å². The van der Waals surface area contributed by atoms with Gasteiger partial charge in [-0.3, -0.25) is 19.3 Å². The van der Waals surface area contributed by atoms with Gasteiger partial charge < -0.3 is 19.4 Å². The normalized spacial score (nSPS) is 17.2. The van der Waals surface area contributed by atoms with Crippen molar-refractivity contribution in [1.82, 2.24) is 4.90 Å². The summed E-state index contributed by atoms with van der Waals surface area (Å²) in [5.41, 5.74) is 2.15. The molecule has 1 N–H and O–H groups in total. The molecule has 2 aliphatic heterocycles. The molecule has 0 spiro atoms. The summed E-state index contributed by atoms with van der Waals surface area (Å²) in [6.07, 6.45) is 1.46. The van der Waals surface area contributed by atoms with Crippen molar-refractivity contribution >= 4 is 46.3 Å². The number of nitrogens with zero attached hydrogens (tertiary/aromatic N) is 2. The van der Waals surface area contributed by atoms with Crippen molar-refractivity contribution < 1.29 is 27.9 Å². The number of hydrogen-bond donors (Lipinski definition) is 1. The number of anilines is 2. The number of nitrogens with one attached hydrogen (secondary N) is 1. The van der Waals surface area contributed by atoms with Crippen LogP contribution in [-0.4, -0.2) is 54.8 Å². The van der Waals surface area contributed by atoms with Crippen LogP contribution >= 0.6 is 11.8 Å². The van der Waals surface area contributed by atoms with Gasteiger partial charge in [-0.05, 0) is 60.3 Å². The molecule has 3 amide bonds. The summed E-state index contributed by atoms with van der Waals surface area (Å²) in [4.78, 5) is 41.3. The van der Waals surface area contributed by atoms with E-state index in [-0.39, 0.29) is 10.7 Å². The molecule has 1 aromatic heterocycles. The fourth-order valence-electron chi connectivity index (χ4n) is 3.96. The first-order valence-electron chi connectivity index (χ1n) is 11.3. The van der Waals surface area contributed by atoms with Crippen molar-refractivity contribution in [3.63, 3.8) is 0 Å². The zero-order chi connectivity index (χ0) is 25.1. The number of thioether (sulfide) groups is 1. The summed E-state index contributed by atoms with van der Waals surface area (Å²) in [6.45, 7) is 2.21. The number of imide groups is 1. The van der Waals surface area contributed by atoms with Gasteiger partial charge in [0.2, 0.25) is 5.91 Å². The lowest BCUT2D eigenvalue weighted by Gasteiger charge is -2.30. The van der Waals surface area contributed by atoms with Gasteiger partial charge in [0.15, 0.2) is 0 Å². The lowest BCUT2D eigenvalue weighted by Crippen LogP contribution is -2.38. The van der Waals surface area contributed by atoms with E-state index < -0.39 is 23.6 Å². The summed E-state index contributed by atoms with van der Waals surface area (Å²) >= 11 is 0.745. The zero-order valence-corrected chi connectivity index (χ0v) is 19.9. The molecular weight excluding hydrogens is 485 g/mol. The molecule has 0 unspecified atom stereocenters. The van der Waals surface area contributed by atoms with Crippen molar-refractivity contribution in [1.29, 1.82) is 0 Å². The molecule has 5 rings (SSSR count). The van der Waals surface area contributed by atoms with Crippen LogP contribution in [-0.2, 0) is 14.3 Å². The minimum absolute atomic E-state index is 0.154. The van der Waals surface area contributed by atoms with Crippen LogP contribution in [0.15, 0.2) is 70.0 Å². The molecule has 0 saturated carbocycles. The lowest BCUT2D eigenvalue weighted by molar-refractivity contribution is -0.127. The first kappa shape index (κ1) is 23.8. The molecule has 10 heteroatoms. The minimum Gasteiger partial charge on any atom is -0.457 e. The number of carbonyl (C=O) groups is 3. The van der Waals surface area contributed by atoms with Crippen molar-refractivity contribution in [3.8, 4) is 11.3 Å². The van der Waals surface area contributed by atoms with Crippen LogP contribution < -0.4 is 10.2 Å². The summed E-state index contributed by atoms with van der Waals surface area (Å²) in [7, 11) is 0. The highest BCUT2D eigenvalue weighted by Gasteiger charge is 2.36. The maximum absolute atomic E-state index is 13.2. The molecular formula is C26H22FN3O5S. The van der Waals surface area contributed by atoms with Gasteiger partial charge in [0.25, 0.3) is 11.1 Å². The number of ether oxygens (including phenoxy) is 1. The van der Waals surface area contributed by atoms with Crippen LogP contribution in [0, 0.1) is 5.82 Å². The van der Waals surface area contributed by atoms with Gasteiger partial charge in [-0.1, -0.05) is 12.1 Å². The standard InChI is InChI=1S/C26H22FN3O5S/c27-18-7-5-17(6-8-18)22-10-9-19(35-22)15-23-25(32)30(26(33)36-23)16-24(31)28-20-3-1-2-4-21(20)29-11-13-34-14-12-29/h1-10,15H,11-14,16H2,(H,28,31)/b23-15-. The van der Waals surface area contributed by atoms with Gasteiger partial charge in [0.1, 0.15) is 23.9 Å². The largest absolute Gasteiger partial charge is 0.457 e. The average molecular weight is 508 g/mol. The van der Waals surface area contributed by atoms with E-state index in [1.807, 2.05) is 18.2 Å². The van der Waals surface area contributed by atoms with Crippen LogP contribution in [0.1, 0.15) is 5.76 Å². The van der Waals surface area contributed by atoms with Gasteiger partial charge in [-0.15, -0.1) is 0 Å². The summed E-state index contributed by atoms with van der Waals surface area (Å²) in [5.74, 6) is -0.535. The van der Waals surface area contributed by atoms with E-state index in [0.717, 1.165) is 22.3 Å². The number of carbonyl (C=O) groups excluding carboxylic acids is 3. The zero-order valence-electron chi connectivity index (χ0n) is 19.1. The highest BCUT2D eigenvalue weighted by atomic mass is 32.2. The van der Waals surface area contributed by atoms with E-state index in [1.165, 1.54) is 18.2 Å². The average Bonchev–Trinajstić information content (AvgIpc) is 3.45. The van der Waals surface area contributed by atoms with Gasteiger partial charge in [-0.25, -0.2) is 4.39 Å². The Bertz CT molecular complexity index is 1330. The molecule has 8 nitrogen and oxygen atoms in total. The number of morpholine rings is 1. The predicted molar refractivity (Wildman–Crippen MR) is 135 cm³/mol. The number of halogens is 1. The molecule has 2 aliphatic rings. The summed E-state index contributed by atoms with van der Waals surface area (Å²) in [6, 6.07) is 16.6. The van der Waals surface area contributed by atoms with E-state index in [9.17, 15) is 18.8 Å². The van der Waals surface area contributed by atoms with Crippen molar-refractivity contribution in [2.45, 2.75) is 0 Å². The highest BCUT2D eigenvalue weighted by Crippen LogP contribution is 2.33. The summed E-state index contributed by atoms with van der Waals surface area (Å²) < 4.78 is 24.3. The van der Waals surface area contributed by atoms with Crippen molar-refractivity contribution in [2.24, 2.45) is 0 Å². The SMILES string of the molecule is O=C(CN1C(=O)S/C(=C\c2ccc(-c3ccc(F)cc3)o2)C1=O)Nc1ccccc1N1CCOCC1. The lowest BCUT2D eigenvalue weighted by atomic mass is 10.2. The first-order valence-corrected chi connectivity index (χ1v) is 12.1. The van der Waals surface area contributed by atoms with E-state index >= 15 is 0 Å². The number of para-hydroxylation sites is 2. The third-order valence-electron chi connectivity index (χ3n) is 5.73. The summed E-state index contributed by atoms with van der Waals surface area (Å²) in [5, 5.41) is 2.29. The molecule has 0 atom stereocenters. The monoisotopic (exact) mass is 507 g/mol. The van der Waals surface area contributed by atoms with Crippen molar-refractivity contribution in [2.75, 3.05) is 43.1 Å². The van der Waals surface area contributed by atoms with Crippen LogP contribution in [0.25, 0.3) is 17.4 Å². The number of benzene rings is 2. The van der Waals surface area contributed by atoms with Crippen LogP contribution in [0.2, 0.25) is 0 Å². The molecule has 0 radical (unpaired) electrons.